The minimum atomic E-state index is -0.683. The predicted octanol–water partition coefficient (Wildman–Crippen LogP) is 5.47. The van der Waals surface area contributed by atoms with Crippen LogP contribution in [-0.4, -0.2) is 28.7 Å². The number of carbonyl (C=O) groups is 2. The number of hydrogen-bond acceptors (Lipinski definition) is 5. The summed E-state index contributed by atoms with van der Waals surface area (Å²) in [6.45, 7) is 4.68. The molecule has 1 atom stereocenters. The van der Waals surface area contributed by atoms with Gasteiger partial charge in [0.15, 0.2) is 0 Å². The van der Waals surface area contributed by atoms with E-state index in [2.05, 4.69) is 10.2 Å². The van der Waals surface area contributed by atoms with Crippen molar-refractivity contribution >= 4 is 29.4 Å². The molecule has 1 aliphatic rings. The fourth-order valence-electron chi connectivity index (χ4n) is 4.21. The molecule has 1 unspecified atom stereocenters. The van der Waals surface area contributed by atoms with Crippen molar-refractivity contribution in [1.29, 1.82) is 0 Å². The molecule has 32 heavy (non-hydrogen) atoms. The van der Waals surface area contributed by atoms with Crippen LogP contribution in [0.15, 0.2) is 72.1 Å². The summed E-state index contributed by atoms with van der Waals surface area (Å²) in [5, 5.41) is 7.85. The van der Waals surface area contributed by atoms with Gasteiger partial charge in [-0.05, 0) is 37.1 Å². The highest BCUT2D eigenvalue weighted by atomic mass is 35.5. The number of nitrogens with one attached hydrogen (secondary N) is 1. The predicted molar refractivity (Wildman–Crippen MR) is 124 cm³/mol. The Morgan fingerprint density at radius 2 is 1.75 bits per heavy atom. The molecule has 0 saturated heterocycles. The van der Waals surface area contributed by atoms with E-state index in [1.165, 1.54) is 0 Å². The molecule has 2 heterocycles. The third-order valence-electron chi connectivity index (χ3n) is 5.59. The summed E-state index contributed by atoms with van der Waals surface area (Å²) in [6, 6.07) is 15.9. The summed E-state index contributed by atoms with van der Waals surface area (Å²) in [4.78, 5) is 28.3. The van der Waals surface area contributed by atoms with Crippen LogP contribution in [0.2, 0.25) is 5.02 Å². The number of carbonyl (C=O) groups excluding carboxylic acids is 2. The van der Waals surface area contributed by atoms with Gasteiger partial charge in [0, 0.05) is 28.7 Å². The largest absolute Gasteiger partial charge is 0.386 e. The maximum Gasteiger partial charge on any atom is 0.346 e. The van der Waals surface area contributed by atoms with Gasteiger partial charge >= 0.3 is 11.9 Å². The summed E-state index contributed by atoms with van der Waals surface area (Å²) >= 11 is 6.57. The zero-order chi connectivity index (χ0) is 22.7. The minimum Gasteiger partial charge on any atom is -0.386 e. The fourth-order valence-corrected chi connectivity index (χ4v) is 4.46. The number of H-pyrrole nitrogens is 1. The number of aromatic amines is 1. The Labute approximate surface area is 191 Å². The second kappa shape index (κ2) is 9.40. The SMILES string of the molecule is CCCC1=C(C(=O)OC(=O)c2ccccc2)C(c2ccccc2Cl)c2cn[nH]c2N1CC. The molecule has 7 heteroatoms. The summed E-state index contributed by atoms with van der Waals surface area (Å²) in [7, 11) is 0. The summed E-state index contributed by atoms with van der Waals surface area (Å²) < 4.78 is 5.39. The number of esters is 2. The number of aromatic nitrogens is 2. The molecule has 0 amide bonds. The molecule has 1 aliphatic heterocycles. The van der Waals surface area contributed by atoms with Gasteiger partial charge in [0.1, 0.15) is 5.82 Å². The first-order valence-corrected chi connectivity index (χ1v) is 11.0. The number of allylic oxidation sites excluding steroid dienone is 1. The Morgan fingerprint density at radius 1 is 1.03 bits per heavy atom. The molecule has 0 spiro atoms. The van der Waals surface area contributed by atoms with E-state index in [1.54, 1.807) is 42.6 Å². The monoisotopic (exact) mass is 449 g/mol. The second-order valence-electron chi connectivity index (χ2n) is 7.53. The van der Waals surface area contributed by atoms with Crippen molar-refractivity contribution in [2.45, 2.75) is 32.6 Å². The van der Waals surface area contributed by atoms with Crippen LogP contribution in [0.4, 0.5) is 5.82 Å². The third-order valence-corrected chi connectivity index (χ3v) is 5.93. The van der Waals surface area contributed by atoms with Gasteiger partial charge < -0.3 is 9.64 Å². The summed E-state index contributed by atoms with van der Waals surface area (Å²) in [6.07, 6.45) is 3.16. The van der Waals surface area contributed by atoms with Crippen molar-refractivity contribution in [2.24, 2.45) is 0 Å². The molecule has 164 valence electrons. The molecular formula is C25H24ClN3O3. The van der Waals surface area contributed by atoms with Crippen molar-refractivity contribution in [3.8, 4) is 0 Å². The van der Waals surface area contributed by atoms with Crippen LogP contribution in [0.5, 0.6) is 0 Å². The Hall–Kier alpha value is -3.38. The molecule has 3 aromatic rings. The molecule has 1 aromatic heterocycles. The molecule has 4 rings (SSSR count). The van der Waals surface area contributed by atoms with Gasteiger partial charge in [-0.25, -0.2) is 9.59 Å². The third kappa shape index (κ3) is 3.94. The van der Waals surface area contributed by atoms with Crippen molar-refractivity contribution < 1.29 is 14.3 Å². The molecule has 0 saturated carbocycles. The van der Waals surface area contributed by atoms with Crippen LogP contribution < -0.4 is 4.90 Å². The van der Waals surface area contributed by atoms with E-state index in [1.807, 2.05) is 36.9 Å². The number of anilines is 1. The molecule has 6 nitrogen and oxygen atoms in total. The van der Waals surface area contributed by atoms with Crippen molar-refractivity contribution in [3.63, 3.8) is 0 Å². The lowest BCUT2D eigenvalue weighted by Gasteiger charge is -2.36. The Balaban J connectivity index is 1.86. The number of hydrogen-bond donors (Lipinski definition) is 1. The topological polar surface area (TPSA) is 75.3 Å². The van der Waals surface area contributed by atoms with Crippen molar-refractivity contribution in [2.75, 3.05) is 11.4 Å². The molecule has 2 aromatic carbocycles. The Bertz CT molecular complexity index is 1170. The first-order chi connectivity index (χ1) is 15.6. The standard InChI is InChI=1S/C25H24ClN3O3/c1-3-10-20-22(25(31)32-24(30)16-11-6-5-7-12-16)21(17-13-8-9-14-19(17)26)18-15-27-28-23(18)29(20)4-2/h5-9,11-15,21H,3-4,10H2,1-2H3,(H,27,28). The van der Waals surface area contributed by atoms with Gasteiger partial charge in [-0.2, -0.15) is 5.10 Å². The quantitative estimate of drug-likeness (QED) is 0.398. The summed E-state index contributed by atoms with van der Waals surface area (Å²) in [5.74, 6) is -1.03. The highest BCUT2D eigenvalue weighted by molar-refractivity contribution is 6.31. The molecule has 0 fully saturated rings. The van der Waals surface area contributed by atoms with Crippen LogP contribution in [0.1, 0.15) is 54.1 Å². The van der Waals surface area contributed by atoms with E-state index in [4.69, 9.17) is 16.3 Å². The molecular weight excluding hydrogens is 426 g/mol. The van der Waals surface area contributed by atoms with E-state index in [0.717, 1.165) is 29.1 Å². The van der Waals surface area contributed by atoms with Gasteiger partial charge in [0.2, 0.25) is 0 Å². The van der Waals surface area contributed by atoms with Gasteiger partial charge in [0.05, 0.1) is 17.3 Å². The zero-order valence-corrected chi connectivity index (χ0v) is 18.7. The van der Waals surface area contributed by atoms with E-state index in [9.17, 15) is 9.59 Å². The van der Waals surface area contributed by atoms with E-state index in [0.29, 0.717) is 29.1 Å². The highest BCUT2D eigenvalue weighted by Crippen LogP contribution is 2.46. The molecule has 0 radical (unpaired) electrons. The van der Waals surface area contributed by atoms with Crippen LogP contribution in [0, 0.1) is 0 Å². The zero-order valence-electron chi connectivity index (χ0n) is 18.0. The van der Waals surface area contributed by atoms with Gasteiger partial charge in [-0.3, -0.25) is 5.10 Å². The Morgan fingerprint density at radius 3 is 2.44 bits per heavy atom. The van der Waals surface area contributed by atoms with E-state index in [-0.39, 0.29) is 0 Å². The lowest BCUT2D eigenvalue weighted by molar-refractivity contribution is -0.134. The van der Waals surface area contributed by atoms with Gasteiger partial charge in [-0.1, -0.05) is 61.3 Å². The first kappa shape index (κ1) is 21.8. The van der Waals surface area contributed by atoms with Crippen molar-refractivity contribution in [3.05, 3.63) is 93.8 Å². The number of halogens is 1. The van der Waals surface area contributed by atoms with Crippen LogP contribution in [-0.2, 0) is 9.53 Å². The lowest BCUT2D eigenvalue weighted by atomic mass is 9.81. The normalized spacial score (nSPS) is 15.5. The first-order valence-electron chi connectivity index (χ1n) is 10.7. The van der Waals surface area contributed by atoms with Crippen LogP contribution in [0.3, 0.4) is 0 Å². The highest BCUT2D eigenvalue weighted by Gasteiger charge is 2.40. The van der Waals surface area contributed by atoms with Gasteiger partial charge in [0.25, 0.3) is 0 Å². The van der Waals surface area contributed by atoms with Crippen LogP contribution in [0.25, 0.3) is 0 Å². The number of benzene rings is 2. The maximum atomic E-state index is 13.6. The molecule has 0 bridgehead atoms. The Kier molecular flexibility index (Phi) is 6.42. The summed E-state index contributed by atoms with van der Waals surface area (Å²) in [5.41, 5.74) is 3.13. The fraction of sp³-hybridized carbons (Fsp3) is 0.240. The second-order valence-corrected chi connectivity index (χ2v) is 7.93. The van der Waals surface area contributed by atoms with Gasteiger partial charge in [-0.15, -0.1) is 0 Å². The van der Waals surface area contributed by atoms with Crippen LogP contribution >= 0.6 is 11.6 Å². The van der Waals surface area contributed by atoms with E-state index < -0.39 is 17.9 Å². The number of rotatable bonds is 6. The van der Waals surface area contributed by atoms with Crippen molar-refractivity contribution in [1.82, 2.24) is 10.2 Å². The van der Waals surface area contributed by atoms with E-state index >= 15 is 0 Å². The lowest BCUT2D eigenvalue weighted by Crippen LogP contribution is -2.34. The average Bonchev–Trinajstić information content (AvgIpc) is 3.29. The molecule has 1 N–H and O–H groups in total. The number of nitrogens with zero attached hydrogens (tertiary/aromatic N) is 2. The number of fused-ring (bicyclic) bond motifs is 1. The number of ether oxygens (including phenoxy) is 1. The maximum absolute atomic E-state index is 13.6. The smallest absolute Gasteiger partial charge is 0.346 e. The molecule has 0 aliphatic carbocycles. The average molecular weight is 450 g/mol. The minimum absolute atomic E-state index is 0.319.